The fourth-order valence-electron chi connectivity index (χ4n) is 1.94. The van der Waals surface area contributed by atoms with Crippen LogP contribution in [-0.4, -0.2) is 34.5 Å². The first-order valence-electron chi connectivity index (χ1n) is 6.88. The van der Waals surface area contributed by atoms with E-state index in [1.807, 2.05) is 0 Å². The molecule has 0 aliphatic heterocycles. The Morgan fingerprint density at radius 2 is 2.04 bits per heavy atom. The molecule has 1 heterocycles. The molecule has 0 aliphatic rings. The summed E-state index contributed by atoms with van der Waals surface area (Å²) in [6.07, 6.45) is -3.53. The summed E-state index contributed by atoms with van der Waals surface area (Å²) >= 11 is 0. The van der Waals surface area contributed by atoms with Crippen LogP contribution in [0.15, 0.2) is 29.3 Å². The quantitative estimate of drug-likeness (QED) is 0.787. The first kappa shape index (κ1) is 18.9. The fourth-order valence-corrected chi connectivity index (χ4v) is 2.96. The van der Waals surface area contributed by atoms with Gasteiger partial charge in [-0.1, -0.05) is 5.21 Å². The van der Waals surface area contributed by atoms with Gasteiger partial charge in [0.2, 0.25) is 10.0 Å². The number of sulfonamides is 1. The van der Waals surface area contributed by atoms with Crippen LogP contribution in [0, 0.1) is 0 Å². The molecule has 1 aromatic carbocycles. The lowest BCUT2D eigenvalue weighted by Gasteiger charge is -2.12. The number of carboxylic acid groups (broad SMARTS) is 1. The number of carboxylic acids is 1. The van der Waals surface area contributed by atoms with Gasteiger partial charge in [-0.2, -0.15) is 13.2 Å². The maximum absolute atomic E-state index is 13.0. The molecule has 0 bridgehead atoms. The van der Waals surface area contributed by atoms with Crippen molar-refractivity contribution in [2.24, 2.45) is 0 Å². The second-order valence-corrected chi connectivity index (χ2v) is 6.67. The Bertz CT molecular complexity index is 893. The SMILES string of the molecule is CCn1cc(CNS(=O)(=O)c2ccc(C(=O)O)c(C(F)(F)F)c2)nn1. The lowest BCUT2D eigenvalue weighted by Crippen LogP contribution is -2.24. The van der Waals surface area contributed by atoms with Crippen molar-refractivity contribution < 1.29 is 31.5 Å². The molecule has 25 heavy (non-hydrogen) atoms. The van der Waals surface area contributed by atoms with Crippen LogP contribution in [-0.2, 0) is 29.3 Å². The predicted molar refractivity (Wildman–Crippen MR) is 78.1 cm³/mol. The normalized spacial score (nSPS) is 12.3. The van der Waals surface area contributed by atoms with Gasteiger partial charge in [0.05, 0.1) is 28.3 Å². The lowest BCUT2D eigenvalue weighted by molar-refractivity contribution is -0.138. The van der Waals surface area contributed by atoms with E-state index in [1.165, 1.54) is 10.9 Å². The van der Waals surface area contributed by atoms with Crippen molar-refractivity contribution >= 4 is 16.0 Å². The van der Waals surface area contributed by atoms with Gasteiger partial charge in [-0.3, -0.25) is 4.68 Å². The molecule has 0 amide bonds. The molecule has 2 aromatic rings. The van der Waals surface area contributed by atoms with Crippen LogP contribution in [0.2, 0.25) is 0 Å². The number of alkyl halides is 3. The summed E-state index contributed by atoms with van der Waals surface area (Å²) in [5.74, 6) is -1.81. The summed E-state index contributed by atoms with van der Waals surface area (Å²) in [5, 5.41) is 16.2. The second-order valence-electron chi connectivity index (χ2n) is 4.90. The minimum Gasteiger partial charge on any atom is -0.478 e. The highest BCUT2D eigenvalue weighted by Gasteiger charge is 2.36. The summed E-state index contributed by atoms with van der Waals surface area (Å²) in [6, 6.07) is 1.69. The number of aromatic nitrogens is 3. The van der Waals surface area contributed by atoms with E-state index in [2.05, 4.69) is 15.0 Å². The largest absolute Gasteiger partial charge is 0.478 e. The average Bonchev–Trinajstić information content (AvgIpc) is 2.99. The second kappa shape index (κ2) is 6.80. The molecule has 0 fully saturated rings. The standard InChI is InChI=1S/C13H13F3N4O4S/c1-2-20-7-8(18-19-20)6-17-25(23,24)9-3-4-10(12(21)22)11(5-9)13(14,15)16/h3-5,7,17H,2,6H2,1H3,(H,21,22). The van der Waals surface area contributed by atoms with Crippen LogP contribution in [0.5, 0.6) is 0 Å². The number of hydrogen-bond acceptors (Lipinski definition) is 5. The molecule has 0 aliphatic carbocycles. The highest BCUT2D eigenvalue weighted by Crippen LogP contribution is 2.33. The lowest BCUT2D eigenvalue weighted by atomic mass is 10.1. The third-order valence-corrected chi connectivity index (χ3v) is 4.59. The van der Waals surface area contributed by atoms with Crippen LogP contribution >= 0.6 is 0 Å². The van der Waals surface area contributed by atoms with Gasteiger partial charge in [-0.15, -0.1) is 5.10 Å². The Morgan fingerprint density at radius 3 is 2.56 bits per heavy atom. The number of nitrogens with one attached hydrogen (secondary N) is 1. The van der Waals surface area contributed by atoms with E-state index in [1.54, 1.807) is 6.92 Å². The third-order valence-electron chi connectivity index (χ3n) is 3.19. The topological polar surface area (TPSA) is 114 Å². The Labute approximate surface area is 140 Å². The maximum Gasteiger partial charge on any atom is 0.417 e. The molecule has 0 atom stereocenters. The van der Waals surface area contributed by atoms with Crippen LogP contribution in [0.4, 0.5) is 13.2 Å². The maximum atomic E-state index is 13.0. The van der Waals surface area contributed by atoms with E-state index in [0.29, 0.717) is 12.6 Å². The van der Waals surface area contributed by atoms with Gasteiger partial charge in [0.1, 0.15) is 0 Å². The smallest absolute Gasteiger partial charge is 0.417 e. The molecule has 0 spiro atoms. The Kier molecular flexibility index (Phi) is 5.13. The van der Waals surface area contributed by atoms with E-state index in [0.717, 1.165) is 6.07 Å². The highest BCUT2D eigenvalue weighted by molar-refractivity contribution is 7.89. The molecular formula is C13H13F3N4O4S. The first-order chi connectivity index (χ1) is 11.5. The number of rotatable bonds is 6. The Hall–Kier alpha value is -2.47. The predicted octanol–water partition coefficient (Wildman–Crippen LogP) is 1.49. The molecule has 12 heteroatoms. The average molecular weight is 378 g/mol. The summed E-state index contributed by atoms with van der Waals surface area (Å²) < 4.78 is 66.8. The molecule has 0 saturated heterocycles. The van der Waals surface area contributed by atoms with Crippen molar-refractivity contribution in [1.29, 1.82) is 0 Å². The zero-order valence-electron chi connectivity index (χ0n) is 12.8. The van der Waals surface area contributed by atoms with Gasteiger partial charge in [-0.25, -0.2) is 17.9 Å². The van der Waals surface area contributed by atoms with Crippen molar-refractivity contribution in [1.82, 2.24) is 19.7 Å². The van der Waals surface area contributed by atoms with Crippen LogP contribution in [0.3, 0.4) is 0 Å². The number of aryl methyl sites for hydroxylation is 1. The van der Waals surface area contributed by atoms with Crippen molar-refractivity contribution in [3.63, 3.8) is 0 Å². The van der Waals surface area contributed by atoms with E-state index in [4.69, 9.17) is 5.11 Å². The van der Waals surface area contributed by atoms with E-state index in [9.17, 15) is 26.4 Å². The van der Waals surface area contributed by atoms with E-state index < -0.39 is 38.2 Å². The van der Waals surface area contributed by atoms with Crippen molar-refractivity contribution in [3.8, 4) is 0 Å². The number of aromatic carboxylic acids is 1. The van der Waals surface area contributed by atoms with Crippen molar-refractivity contribution in [3.05, 3.63) is 41.2 Å². The minimum absolute atomic E-state index is 0.273. The molecule has 0 saturated carbocycles. The van der Waals surface area contributed by atoms with Gasteiger partial charge in [0, 0.05) is 12.7 Å². The molecule has 136 valence electrons. The van der Waals surface area contributed by atoms with Crippen LogP contribution in [0.25, 0.3) is 0 Å². The van der Waals surface area contributed by atoms with Gasteiger partial charge in [0.25, 0.3) is 0 Å². The third kappa shape index (κ3) is 4.33. The number of halogens is 3. The monoisotopic (exact) mass is 378 g/mol. The number of carbonyl (C=O) groups is 1. The molecule has 1 aromatic heterocycles. The van der Waals surface area contributed by atoms with Crippen LogP contribution < -0.4 is 4.72 Å². The van der Waals surface area contributed by atoms with Gasteiger partial charge in [0.15, 0.2) is 0 Å². The van der Waals surface area contributed by atoms with E-state index in [-0.39, 0.29) is 18.3 Å². The number of nitrogens with zero attached hydrogens (tertiary/aromatic N) is 3. The van der Waals surface area contributed by atoms with Gasteiger partial charge >= 0.3 is 12.1 Å². The summed E-state index contributed by atoms with van der Waals surface area (Å²) in [7, 11) is -4.30. The van der Waals surface area contributed by atoms with Gasteiger partial charge < -0.3 is 5.11 Å². The van der Waals surface area contributed by atoms with Crippen molar-refractivity contribution in [2.75, 3.05) is 0 Å². The Morgan fingerprint density at radius 1 is 1.36 bits per heavy atom. The Balaban J connectivity index is 2.31. The molecule has 2 rings (SSSR count). The zero-order chi connectivity index (χ0) is 18.8. The molecule has 2 N–H and O–H groups in total. The molecule has 0 radical (unpaired) electrons. The number of benzene rings is 1. The summed E-state index contributed by atoms with van der Waals surface area (Å²) in [5.41, 5.74) is -2.29. The molecule has 0 unspecified atom stereocenters. The molecule has 8 nitrogen and oxygen atoms in total. The van der Waals surface area contributed by atoms with Crippen molar-refractivity contribution in [2.45, 2.75) is 31.1 Å². The summed E-state index contributed by atoms with van der Waals surface area (Å²) in [6.45, 7) is 2.04. The fraction of sp³-hybridized carbons (Fsp3) is 0.308. The zero-order valence-corrected chi connectivity index (χ0v) is 13.6. The van der Waals surface area contributed by atoms with Gasteiger partial charge in [-0.05, 0) is 25.1 Å². The van der Waals surface area contributed by atoms with Crippen LogP contribution in [0.1, 0.15) is 28.5 Å². The molecular weight excluding hydrogens is 365 g/mol. The number of hydrogen-bond donors (Lipinski definition) is 2. The highest BCUT2D eigenvalue weighted by atomic mass is 32.2. The summed E-state index contributed by atoms with van der Waals surface area (Å²) in [4.78, 5) is 10.2. The minimum atomic E-state index is -5.01. The first-order valence-corrected chi connectivity index (χ1v) is 8.36. The van der Waals surface area contributed by atoms with E-state index >= 15 is 0 Å².